The van der Waals surface area contributed by atoms with Gasteiger partial charge in [0.25, 0.3) is 0 Å². The highest BCUT2D eigenvalue weighted by atomic mass is 16.5. The van der Waals surface area contributed by atoms with Gasteiger partial charge in [-0.15, -0.1) is 0 Å². The van der Waals surface area contributed by atoms with E-state index in [0.29, 0.717) is 19.7 Å². The van der Waals surface area contributed by atoms with Crippen LogP contribution in [0, 0.1) is 6.92 Å². The normalized spacial score (nSPS) is 22.7. The molecule has 0 bridgehead atoms. The molecular weight excluding hydrogens is 294 g/mol. The number of aliphatic hydroxyl groups is 1. The molecule has 124 valence electrons. The van der Waals surface area contributed by atoms with Crippen LogP contribution in [0.2, 0.25) is 0 Å². The second-order valence-electron chi connectivity index (χ2n) is 6.13. The molecule has 6 nitrogen and oxygen atoms in total. The van der Waals surface area contributed by atoms with E-state index in [0.717, 1.165) is 23.7 Å². The van der Waals surface area contributed by atoms with Gasteiger partial charge in [-0.3, -0.25) is 4.90 Å². The van der Waals surface area contributed by atoms with E-state index in [-0.39, 0.29) is 13.2 Å². The summed E-state index contributed by atoms with van der Waals surface area (Å²) in [5, 5.41) is 10.9. The molecule has 2 heterocycles. The number of aromatic amines is 1. The van der Waals surface area contributed by atoms with Crippen molar-refractivity contribution in [3.8, 4) is 5.75 Å². The highest BCUT2D eigenvalue weighted by Crippen LogP contribution is 2.18. The summed E-state index contributed by atoms with van der Waals surface area (Å²) in [4.78, 5) is 9.46. The average molecular weight is 317 g/mol. The monoisotopic (exact) mass is 317 g/mol. The van der Waals surface area contributed by atoms with Crippen LogP contribution in [0.5, 0.6) is 5.75 Å². The fourth-order valence-electron chi connectivity index (χ4n) is 2.74. The summed E-state index contributed by atoms with van der Waals surface area (Å²) < 4.78 is 11.4. The van der Waals surface area contributed by atoms with Crippen LogP contribution in [-0.4, -0.2) is 58.5 Å². The third kappa shape index (κ3) is 4.54. The Hall–Kier alpha value is -1.89. The van der Waals surface area contributed by atoms with Crippen molar-refractivity contribution in [1.29, 1.82) is 0 Å². The van der Waals surface area contributed by atoms with Gasteiger partial charge in [0.1, 0.15) is 23.8 Å². The summed E-state index contributed by atoms with van der Waals surface area (Å²) in [6.45, 7) is 4.98. The topological polar surface area (TPSA) is 70.6 Å². The molecule has 1 aromatic carbocycles. The minimum Gasteiger partial charge on any atom is -0.490 e. The fourth-order valence-corrected chi connectivity index (χ4v) is 2.74. The number of β-amino-alcohol motifs (C(OH)–C–C–N with tert-alkyl or cyclic N) is 1. The number of imidazole rings is 1. The van der Waals surface area contributed by atoms with E-state index >= 15 is 0 Å². The number of nitrogens with zero attached hydrogens (tertiary/aromatic N) is 2. The van der Waals surface area contributed by atoms with Gasteiger partial charge in [0.05, 0.1) is 19.8 Å². The Kier molecular flexibility index (Phi) is 4.95. The maximum atomic E-state index is 10.9. The molecular formula is C17H23N3O3. The van der Waals surface area contributed by atoms with Crippen molar-refractivity contribution in [2.24, 2.45) is 0 Å². The summed E-state index contributed by atoms with van der Waals surface area (Å²) in [5.74, 6) is 1.65. The molecule has 1 saturated heterocycles. The maximum absolute atomic E-state index is 10.9. The number of nitrogens with one attached hydrogen (secondary N) is 1. The van der Waals surface area contributed by atoms with Gasteiger partial charge in [-0.2, -0.15) is 0 Å². The molecule has 1 fully saturated rings. The number of rotatable bonds is 5. The van der Waals surface area contributed by atoms with Crippen molar-refractivity contribution in [3.63, 3.8) is 0 Å². The van der Waals surface area contributed by atoms with Crippen molar-refractivity contribution in [2.75, 3.05) is 32.9 Å². The lowest BCUT2D eigenvalue weighted by molar-refractivity contribution is -0.0648. The molecule has 1 atom stereocenters. The van der Waals surface area contributed by atoms with Crippen LogP contribution < -0.4 is 4.74 Å². The maximum Gasteiger partial charge on any atom is 0.134 e. The van der Waals surface area contributed by atoms with E-state index in [1.54, 1.807) is 12.4 Å². The van der Waals surface area contributed by atoms with E-state index < -0.39 is 5.60 Å². The van der Waals surface area contributed by atoms with Crippen LogP contribution in [0.15, 0.2) is 36.7 Å². The number of H-pyrrole nitrogens is 1. The quantitative estimate of drug-likeness (QED) is 0.871. The molecule has 1 aliphatic heterocycles. The van der Waals surface area contributed by atoms with Crippen molar-refractivity contribution < 1.29 is 14.6 Å². The summed E-state index contributed by atoms with van der Waals surface area (Å²) in [6, 6.07) is 7.82. The molecule has 0 unspecified atom stereocenters. The molecule has 0 saturated carbocycles. The Morgan fingerprint density at radius 3 is 3.17 bits per heavy atom. The molecule has 0 radical (unpaired) electrons. The largest absolute Gasteiger partial charge is 0.490 e. The van der Waals surface area contributed by atoms with Gasteiger partial charge in [0, 0.05) is 25.5 Å². The van der Waals surface area contributed by atoms with Gasteiger partial charge in [-0.25, -0.2) is 4.98 Å². The standard InChI is InChI=1S/C17H23N3O3/c1-14-3-2-4-15(9-14)23-13-17(21)11-20(7-8-22-12-17)10-16-18-5-6-19-16/h2-6,9,21H,7-8,10-13H2,1H3,(H,18,19)/t17-/m1/s1. The predicted octanol–water partition coefficient (Wildman–Crippen LogP) is 1.36. The van der Waals surface area contributed by atoms with Gasteiger partial charge >= 0.3 is 0 Å². The van der Waals surface area contributed by atoms with E-state index in [2.05, 4.69) is 14.9 Å². The average Bonchev–Trinajstić information content (AvgIpc) is 2.95. The van der Waals surface area contributed by atoms with Crippen molar-refractivity contribution in [1.82, 2.24) is 14.9 Å². The first-order valence-corrected chi connectivity index (χ1v) is 7.83. The second-order valence-corrected chi connectivity index (χ2v) is 6.13. The second kappa shape index (κ2) is 7.12. The summed E-state index contributed by atoms with van der Waals surface area (Å²) >= 11 is 0. The first kappa shape index (κ1) is 16.0. The number of ether oxygens (including phenoxy) is 2. The molecule has 1 aromatic heterocycles. The predicted molar refractivity (Wildman–Crippen MR) is 86.3 cm³/mol. The zero-order valence-electron chi connectivity index (χ0n) is 13.4. The van der Waals surface area contributed by atoms with Gasteiger partial charge in [-0.1, -0.05) is 12.1 Å². The zero-order valence-corrected chi connectivity index (χ0v) is 13.4. The lowest BCUT2D eigenvalue weighted by atomic mass is 10.1. The summed E-state index contributed by atoms with van der Waals surface area (Å²) in [7, 11) is 0. The van der Waals surface area contributed by atoms with Crippen LogP contribution in [0.4, 0.5) is 0 Å². The third-order valence-electron chi connectivity index (χ3n) is 3.87. The van der Waals surface area contributed by atoms with Crippen LogP contribution in [0.1, 0.15) is 11.4 Å². The Morgan fingerprint density at radius 1 is 1.48 bits per heavy atom. The summed E-state index contributed by atoms with van der Waals surface area (Å²) in [5.41, 5.74) is 0.0957. The minimum absolute atomic E-state index is 0.200. The number of aromatic nitrogens is 2. The Morgan fingerprint density at radius 2 is 2.39 bits per heavy atom. The van der Waals surface area contributed by atoms with E-state index in [4.69, 9.17) is 9.47 Å². The number of hydrogen-bond donors (Lipinski definition) is 2. The molecule has 0 spiro atoms. The van der Waals surface area contributed by atoms with Crippen LogP contribution >= 0.6 is 0 Å². The smallest absolute Gasteiger partial charge is 0.134 e. The lowest BCUT2D eigenvalue weighted by Gasteiger charge is -2.30. The lowest BCUT2D eigenvalue weighted by Crippen LogP contribution is -2.48. The van der Waals surface area contributed by atoms with Crippen LogP contribution in [0.25, 0.3) is 0 Å². The highest BCUT2D eigenvalue weighted by molar-refractivity contribution is 5.27. The number of hydrogen-bond acceptors (Lipinski definition) is 5. The molecule has 23 heavy (non-hydrogen) atoms. The van der Waals surface area contributed by atoms with Gasteiger partial charge in [0.15, 0.2) is 0 Å². The fraction of sp³-hybridized carbons (Fsp3) is 0.471. The Balaban J connectivity index is 1.61. The first-order valence-electron chi connectivity index (χ1n) is 7.83. The number of aryl methyl sites for hydroxylation is 1. The Labute approximate surface area is 136 Å². The van der Waals surface area contributed by atoms with Crippen molar-refractivity contribution in [3.05, 3.63) is 48.0 Å². The van der Waals surface area contributed by atoms with Crippen molar-refractivity contribution in [2.45, 2.75) is 19.1 Å². The summed E-state index contributed by atoms with van der Waals surface area (Å²) in [6.07, 6.45) is 3.54. The van der Waals surface area contributed by atoms with Gasteiger partial charge < -0.3 is 19.6 Å². The molecule has 0 aliphatic carbocycles. The SMILES string of the molecule is Cc1cccc(OC[C@]2(O)COCCN(Cc3ncc[nH]3)C2)c1. The molecule has 3 rings (SSSR count). The van der Waals surface area contributed by atoms with Crippen LogP contribution in [-0.2, 0) is 11.3 Å². The molecule has 2 aromatic rings. The zero-order chi connectivity index (χ0) is 16.1. The molecule has 2 N–H and O–H groups in total. The Bertz CT molecular complexity index is 617. The highest BCUT2D eigenvalue weighted by Gasteiger charge is 2.33. The molecule has 0 amide bonds. The van der Waals surface area contributed by atoms with Gasteiger partial charge in [-0.05, 0) is 24.6 Å². The minimum atomic E-state index is -1.03. The van der Waals surface area contributed by atoms with Crippen LogP contribution in [0.3, 0.4) is 0 Å². The van der Waals surface area contributed by atoms with E-state index in [9.17, 15) is 5.11 Å². The van der Waals surface area contributed by atoms with Crippen molar-refractivity contribution >= 4 is 0 Å². The molecule has 1 aliphatic rings. The first-order chi connectivity index (χ1) is 11.1. The molecule has 6 heteroatoms. The van der Waals surface area contributed by atoms with E-state index in [1.807, 2.05) is 31.2 Å². The third-order valence-corrected chi connectivity index (χ3v) is 3.87. The van der Waals surface area contributed by atoms with E-state index in [1.165, 1.54) is 0 Å². The number of benzene rings is 1. The van der Waals surface area contributed by atoms with Gasteiger partial charge in [0.2, 0.25) is 0 Å².